The molecule has 22 heavy (non-hydrogen) atoms. The number of amides is 1. The highest BCUT2D eigenvalue weighted by Gasteiger charge is 2.22. The fourth-order valence-electron chi connectivity index (χ4n) is 2.50. The first-order chi connectivity index (χ1) is 10.6. The first kappa shape index (κ1) is 15.1. The van der Waals surface area contributed by atoms with Gasteiger partial charge in [-0.15, -0.1) is 11.3 Å². The predicted octanol–water partition coefficient (Wildman–Crippen LogP) is 2.69. The molecule has 1 aliphatic rings. The summed E-state index contributed by atoms with van der Waals surface area (Å²) >= 11 is 1.38. The van der Waals surface area contributed by atoms with Gasteiger partial charge in [-0.25, -0.2) is 9.37 Å². The van der Waals surface area contributed by atoms with E-state index in [9.17, 15) is 9.18 Å². The van der Waals surface area contributed by atoms with Crippen LogP contribution in [0.5, 0.6) is 0 Å². The maximum Gasteiger partial charge on any atom is 0.265 e. The zero-order valence-electron chi connectivity index (χ0n) is 12.4. The molecule has 1 aromatic heterocycles. The molecule has 0 bridgehead atoms. The third-order valence-electron chi connectivity index (χ3n) is 3.71. The minimum atomic E-state index is -0.273. The second kappa shape index (κ2) is 6.54. The lowest BCUT2D eigenvalue weighted by Gasteiger charge is -2.19. The largest absolute Gasteiger partial charge is 0.337 e. The van der Waals surface area contributed by atoms with Crippen LogP contribution in [0.4, 0.5) is 4.39 Å². The van der Waals surface area contributed by atoms with E-state index >= 15 is 0 Å². The maximum atomic E-state index is 13.0. The molecule has 0 spiro atoms. The highest BCUT2D eigenvalue weighted by atomic mass is 32.1. The molecule has 3 rings (SSSR count). The van der Waals surface area contributed by atoms with Crippen LogP contribution in [0.3, 0.4) is 0 Å². The van der Waals surface area contributed by atoms with Crippen molar-refractivity contribution in [2.75, 3.05) is 26.2 Å². The Hall–Kier alpha value is -1.79. The molecule has 0 atom stereocenters. The standard InChI is InChI=1S/C16H18FN3OS/c1-11-14(16(21)20-9-2-7-18-8-10-20)22-15(19-11)12-3-5-13(17)6-4-12/h3-6,18H,2,7-10H2,1H3. The molecule has 2 aromatic rings. The summed E-state index contributed by atoms with van der Waals surface area (Å²) in [7, 11) is 0. The molecule has 0 saturated carbocycles. The number of nitrogens with zero attached hydrogens (tertiary/aromatic N) is 2. The molecule has 1 amide bonds. The lowest BCUT2D eigenvalue weighted by Crippen LogP contribution is -2.34. The number of hydrogen-bond acceptors (Lipinski definition) is 4. The van der Waals surface area contributed by atoms with Gasteiger partial charge in [-0.2, -0.15) is 0 Å². The number of aryl methyl sites for hydroxylation is 1. The van der Waals surface area contributed by atoms with Gasteiger partial charge in [0.1, 0.15) is 15.7 Å². The van der Waals surface area contributed by atoms with Gasteiger partial charge < -0.3 is 10.2 Å². The number of carbonyl (C=O) groups is 1. The van der Waals surface area contributed by atoms with Gasteiger partial charge in [0.25, 0.3) is 5.91 Å². The number of halogens is 1. The molecule has 116 valence electrons. The monoisotopic (exact) mass is 319 g/mol. The molecule has 6 heteroatoms. The van der Waals surface area contributed by atoms with Gasteiger partial charge in [-0.3, -0.25) is 4.79 Å². The van der Waals surface area contributed by atoms with Gasteiger partial charge in [0, 0.05) is 25.2 Å². The van der Waals surface area contributed by atoms with Crippen LogP contribution in [0, 0.1) is 12.7 Å². The number of thiazole rings is 1. The van der Waals surface area contributed by atoms with Gasteiger partial charge in [0.05, 0.1) is 5.69 Å². The third kappa shape index (κ3) is 3.18. The van der Waals surface area contributed by atoms with Gasteiger partial charge in [-0.05, 0) is 44.2 Å². The Morgan fingerprint density at radius 3 is 2.82 bits per heavy atom. The number of benzene rings is 1. The van der Waals surface area contributed by atoms with Crippen LogP contribution in [-0.4, -0.2) is 42.0 Å². The van der Waals surface area contributed by atoms with Crippen LogP contribution in [0.15, 0.2) is 24.3 Å². The Bertz CT molecular complexity index is 661. The quantitative estimate of drug-likeness (QED) is 0.926. The van der Waals surface area contributed by atoms with Crippen LogP contribution in [-0.2, 0) is 0 Å². The first-order valence-electron chi connectivity index (χ1n) is 7.38. The van der Waals surface area contributed by atoms with Crippen molar-refractivity contribution in [1.29, 1.82) is 0 Å². The van der Waals surface area contributed by atoms with Crippen LogP contribution in [0.2, 0.25) is 0 Å². The van der Waals surface area contributed by atoms with E-state index in [0.717, 1.165) is 48.9 Å². The van der Waals surface area contributed by atoms with Gasteiger partial charge in [-0.1, -0.05) is 0 Å². The second-order valence-corrected chi connectivity index (χ2v) is 6.34. The predicted molar refractivity (Wildman–Crippen MR) is 85.6 cm³/mol. The van der Waals surface area contributed by atoms with Crippen LogP contribution in [0.1, 0.15) is 21.8 Å². The van der Waals surface area contributed by atoms with E-state index in [4.69, 9.17) is 0 Å². The molecule has 1 fully saturated rings. The van der Waals surface area contributed by atoms with Crippen molar-refractivity contribution in [3.63, 3.8) is 0 Å². The average Bonchev–Trinajstić information content (AvgIpc) is 2.74. The number of hydrogen-bond donors (Lipinski definition) is 1. The van der Waals surface area contributed by atoms with Crippen molar-refractivity contribution in [1.82, 2.24) is 15.2 Å². The number of nitrogens with one attached hydrogen (secondary N) is 1. The van der Waals surface area contributed by atoms with Crippen LogP contribution in [0.25, 0.3) is 10.6 Å². The molecule has 1 aliphatic heterocycles. The van der Waals surface area contributed by atoms with Crippen molar-refractivity contribution >= 4 is 17.2 Å². The molecular weight excluding hydrogens is 301 g/mol. The van der Waals surface area contributed by atoms with E-state index in [-0.39, 0.29) is 11.7 Å². The summed E-state index contributed by atoms with van der Waals surface area (Å²) < 4.78 is 13.0. The summed E-state index contributed by atoms with van der Waals surface area (Å²) in [5.74, 6) is -0.225. The third-order valence-corrected chi connectivity index (χ3v) is 4.90. The number of rotatable bonds is 2. The van der Waals surface area contributed by atoms with Crippen molar-refractivity contribution < 1.29 is 9.18 Å². The van der Waals surface area contributed by atoms with Crippen molar-refractivity contribution in [2.24, 2.45) is 0 Å². The van der Waals surface area contributed by atoms with Gasteiger partial charge in [0.2, 0.25) is 0 Å². The maximum absolute atomic E-state index is 13.0. The zero-order chi connectivity index (χ0) is 15.5. The molecule has 2 heterocycles. The SMILES string of the molecule is Cc1nc(-c2ccc(F)cc2)sc1C(=O)N1CCCNCC1. The molecule has 0 aliphatic carbocycles. The van der Waals surface area contributed by atoms with E-state index in [0.29, 0.717) is 4.88 Å². The lowest BCUT2D eigenvalue weighted by atomic mass is 10.2. The second-order valence-electron chi connectivity index (χ2n) is 5.34. The minimum absolute atomic E-state index is 0.0482. The Balaban J connectivity index is 1.85. The first-order valence-corrected chi connectivity index (χ1v) is 8.20. The van der Waals surface area contributed by atoms with Crippen LogP contribution >= 0.6 is 11.3 Å². The summed E-state index contributed by atoms with van der Waals surface area (Å²) in [6.07, 6.45) is 0.967. The summed E-state index contributed by atoms with van der Waals surface area (Å²) in [5.41, 5.74) is 1.58. The van der Waals surface area contributed by atoms with Gasteiger partial charge in [0.15, 0.2) is 0 Å². The molecule has 1 saturated heterocycles. The molecule has 4 nitrogen and oxygen atoms in total. The summed E-state index contributed by atoms with van der Waals surface area (Å²) in [6, 6.07) is 6.21. The van der Waals surface area contributed by atoms with Crippen molar-refractivity contribution in [2.45, 2.75) is 13.3 Å². The van der Waals surface area contributed by atoms with E-state index in [1.54, 1.807) is 12.1 Å². The van der Waals surface area contributed by atoms with Crippen molar-refractivity contribution in [3.8, 4) is 10.6 Å². The molecule has 1 N–H and O–H groups in total. The van der Waals surface area contributed by atoms with E-state index < -0.39 is 0 Å². The van der Waals surface area contributed by atoms with Crippen LogP contribution < -0.4 is 5.32 Å². The Labute approximate surface area is 133 Å². The van der Waals surface area contributed by atoms with E-state index in [2.05, 4.69) is 10.3 Å². The molecule has 0 radical (unpaired) electrons. The minimum Gasteiger partial charge on any atom is -0.337 e. The Morgan fingerprint density at radius 1 is 1.27 bits per heavy atom. The highest BCUT2D eigenvalue weighted by Crippen LogP contribution is 2.29. The van der Waals surface area contributed by atoms with Crippen molar-refractivity contribution in [3.05, 3.63) is 40.7 Å². The van der Waals surface area contributed by atoms with Gasteiger partial charge >= 0.3 is 0 Å². The molecular formula is C16H18FN3OS. The average molecular weight is 319 g/mol. The summed E-state index contributed by atoms with van der Waals surface area (Å²) in [6.45, 7) is 5.13. The normalized spacial score (nSPS) is 15.6. The molecule has 1 aromatic carbocycles. The lowest BCUT2D eigenvalue weighted by molar-refractivity contribution is 0.0770. The Kier molecular flexibility index (Phi) is 4.49. The highest BCUT2D eigenvalue weighted by molar-refractivity contribution is 7.17. The van der Waals surface area contributed by atoms with E-state index in [1.807, 2.05) is 11.8 Å². The summed E-state index contributed by atoms with van der Waals surface area (Å²) in [4.78, 5) is 19.7. The smallest absolute Gasteiger partial charge is 0.265 e. The zero-order valence-corrected chi connectivity index (χ0v) is 13.3. The van der Waals surface area contributed by atoms with E-state index in [1.165, 1.54) is 23.5 Å². The Morgan fingerprint density at radius 2 is 2.05 bits per heavy atom. The number of carbonyl (C=O) groups excluding carboxylic acids is 1. The fourth-order valence-corrected chi connectivity index (χ4v) is 3.54. The fraction of sp³-hybridized carbons (Fsp3) is 0.375. The molecule has 0 unspecified atom stereocenters. The number of aromatic nitrogens is 1. The topological polar surface area (TPSA) is 45.2 Å². The summed E-state index contributed by atoms with van der Waals surface area (Å²) in [5, 5.41) is 4.05.